The van der Waals surface area contributed by atoms with Crippen molar-refractivity contribution in [2.45, 2.75) is 25.3 Å². The summed E-state index contributed by atoms with van der Waals surface area (Å²) in [6.45, 7) is 1.94. The van der Waals surface area contributed by atoms with Gasteiger partial charge in [0.1, 0.15) is 5.82 Å². The lowest BCUT2D eigenvalue weighted by Gasteiger charge is -2.41. The fourth-order valence-corrected chi connectivity index (χ4v) is 1.62. The zero-order valence-electron chi connectivity index (χ0n) is 9.31. The molecule has 94 valence electrons. The topological polar surface area (TPSA) is 25.4 Å². The number of halogens is 3. The number of alkyl halides is 3. The van der Waals surface area contributed by atoms with Crippen LogP contribution in [0.25, 0.3) is 0 Å². The van der Waals surface area contributed by atoms with E-state index in [0.717, 1.165) is 12.7 Å². The van der Waals surface area contributed by atoms with Gasteiger partial charge in [0, 0.05) is 19.3 Å². The highest BCUT2D eigenvalue weighted by Crippen LogP contribution is 2.27. The van der Waals surface area contributed by atoms with Crippen LogP contribution in [-0.2, 0) is 4.74 Å². The first-order chi connectivity index (χ1) is 7.97. The van der Waals surface area contributed by atoms with Gasteiger partial charge in [-0.2, -0.15) is 13.2 Å². The number of aromatic nitrogens is 1. The molecular formula is C11H13F3N2O. The molecule has 17 heavy (non-hydrogen) atoms. The van der Waals surface area contributed by atoms with Gasteiger partial charge in [-0.15, -0.1) is 0 Å². The Morgan fingerprint density at radius 1 is 1.41 bits per heavy atom. The Kier molecular flexibility index (Phi) is 3.24. The van der Waals surface area contributed by atoms with Crippen LogP contribution in [0.1, 0.15) is 6.92 Å². The maximum absolute atomic E-state index is 12.2. The van der Waals surface area contributed by atoms with Crippen LogP contribution in [0.15, 0.2) is 24.4 Å². The van der Waals surface area contributed by atoms with Crippen molar-refractivity contribution in [2.24, 2.45) is 0 Å². The zero-order valence-corrected chi connectivity index (χ0v) is 9.31. The lowest BCUT2D eigenvalue weighted by molar-refractivity contribution is -0.228. The van der Waals surface area contributed by atoms with Gasteiger partial charge < -0.3 is 9.64 Å². The molecule has 0 saturated carbocycles. The molecule has 1 fully saturated rings. The summed E-state index contributed by atoms with van der Waals surface area (Å²) in [6.07, 6.45) is -4.71. The summed E-state index contributed by atoms with van der Waals surface area (Å²) in [5, 5.41) is 0. The Hall–Kier alpha value is -1.30. The van der Waals surface area contributed by atoms with E-state index >= 15 is 0 Å². The third kappa shape index (κ3) is 2.88. The molecule has 1 aromatic heterocycles. The molecule has 1 saturated heterocycles. The molecule has 2 heterocycles. The lowest BCUT2D eigenvalue weighted by Crippen LogP contribution is -2.54. The molecule has 0 radical (unpaired) electrons. The molecule has 2 rings (SSSR count). The third-order valence-corrected chi connectivity index (χ3v) is 2.68. The Balaban J connectivity index is 1.80. The van der Waals surface area contributed by atoms with Gasteiger partial charge in [0.2, 0.25) is 0 Å². The van der Waals surface area contributed by atoms with E-state index < -0.39 is 12.3 Å². The summed E-state index contributed by atoms with van der Waals surface area (Å²) in [7, 11) is 0. The van der Waals surface area contributed by atoms with Gasteiger partial charge in [-0.3, -0.25) is 0 Å². The van der Waals surface area contributed by atoms with Crippen LogP contribution in [0.4, 0.5) is 19.0 Å². The van der Waals surface area contributed by atoms with Crippen molar-refractivity contribution in [1.29, 1.82) is 0 Å². The largest absolute Gasteiger partial charge is 0.414 e. The van der Waals surface area contributed by atoms with E-state index in [0.29, 0.717) is 13.1 Å². The second-order valence-electron chi connectivity index (χ2n) is 4.03. The summed E-state index contributed by atoms with van der Waals surface area (Å²) < 4.78 is 41.6. The predicted octanol–water partition coefficient (Wildman–Crippen LogP) is 2.24. The molecule has 1 atom stereocenters. The monoisotopic (exact) mass is 246 g/mol. The average Bonchev–Trinajstić information content (AvgIpc) is 2.22. The normalized spacial score (nSPS) is 18.9. The number of pyridine rings is 1. The van der Waals surface area contributed by atoms with Crippen LogP contribution < -0.4 is 4.90 Å². The fraction of sp³-hybridized carbons (Fsp3) is 0.545. The van der Waals surface area contributed by atoms with Crippen LogP contribution in [0.3, 0.4) is 0 Å². The van der Waals surface area contributed by atoms with Crippen LogP contribution in [0.2, 0.25) is 0 Å². The highest BCUT2D eigenvalue weighted by Gasteiger charge is 2.41. The molecular weight excluding hydrogens is 233 g/mol. The maximum atomic E-state index is 12.2. The van der Waals surface area contributed by atoms with Crippen LogP contribution in [0.5, 0.6) is 0 Å². The number of nitrogens with zero attached hydrogens (tertiary/aromatic N) is 2. The molecule has 6 heteroatoms. The van der Waals surface area contributed by atoms with Gasteiger partial charge in [0.15, 0.2) is 6.10 Å². The molecule has 0 spiro atoms. The van der Waals surface area contributed by atoms with Gasteiger partial charge >= 0.3 is 6.18 Å². The summed E-state index contributed by atoms with van der Waals surface area (Å²) in [5.41, 5.74) is 0. The predicted molar refractivity (Wildman–Crippen MR) is 56.8 cm³/mol. The highest BCUT2D eigenvalue weighted by atomic mass is 19.4. The van der Waals surface area contributed by atoms with Gasteiger partial charge in [0.25, 0.3) is 0 Å². The molecule has 1 aromatic rings. The maximum Gasteiger partial charge on any atom is 0.414 e. The Morgan fingerprint density at radius 2 is 2.12 bits per heavy atom. The summed E-state index contributed by atoms with van der Waals surface area (Å²) >= 11 is 0. The quantitative estimate of drug-likeness (QED) is 0.817. The minimum atomic E-state index is -4.29. The lowest BCUT2D eigenvalue weighted by atomic mass is 10.1. The van der Waals surface area contributed by atoms with E-state index in [1.54, 1.807) is 12.3 Å². The van der Waals surface area contributed by atoms with Gasteiger partial charge in [-0.1, -0.05) is 6.07 Å². The van der Waals surface area contributed by atoms with Crippen molar-refractivity contribution < 1.29 is 17.9 Å². The smallest absolute Gasteiger partial charge is 0.362 e. The molecule has 0 aliphatic carbocycles. The van der Waals surface area contributed by atoms with E-state index in [4.69, 9.17) is 4.74 Å². The van der Waals surface area contributed by atoms with E-state index in [-0.39, 0.29) is 6.10 Å². The number of anilines is 1. The molecule has 1 aliphatic heterocycles. The number of ether oxygens (including phenoxy) is 1. The SMILES string of the molecule is CC(OC1CN(c2ccccn2)C1)C(F)(F)F. The number of hydrogen-bond donors (Lipinski definition) is 0. The number of hydrogen-bond acceptors (Lipinski definition) is 3. The van der Waals surface area contributed by atoms with Crippen molar-refractivity contribution in [3.05, 3.63) is 24.4 Å². The average molecular weight is 246 g/mol. The van der Waals surface area contributed by atoms with Crippen molar-refractivity contribution >= 4 is 5.82 Å². The molecule has 0 N–H and O–H groups in total. The van der Waals surface area contributed by atoms with Crippen LogP contribution in [0, 0.1) is 0 Å². The van der Waals surface area contributed by atoms with Crippen LogP contribution >= 0.6 is 0 Å². The second kappa shape index (κ2) is 4.52. The summed E-state index contributed by atoms with van der Waals surface area (Å²) in [5.74, 6) is 0.770. The minimum absolute atomic E-state index is 0.367. The van der Waals surface area contributed by atoms with E-state index in [1.165, 1.54) is 0 Å². The first-order valence-electron chi connectivity index (χ1n) is 5.35. The van der Waals surface area contributed by atoms with Crippen LogP contribution in [-0.4, -0.2) is 36.5 Å². The van der Waals surface area contributed by atoms with Crippen molar-refractivity contribution in [3.63, 3.8) is 0 Å². The Morgan fingerprint density at radius 3 is 2.65 bits per heavy atom. The standard InChI is InChI=1S/C11H13F3N2O/c1-8(11(12,13)14)17-9-6-16(7-9)10-4-2-3-5-15-10/h2-5,8-9H,6-7H2,1H3. The van der Waals surface area contributed by atoms with Crippen molar-refractivity contribution in [2.75, 3.05) is 18.0 Å². The van der Waals surface area contributed by atoms with Gasteiger partial charge in [0.05, 0.1) is 6.10 Å². The van der Waals surface area contributed by atoms with Crippen molar-refractivity contribution in [1.82, 2.24) is 4.98 Å². The molecule has 0 aromatic carbocycles. The minimum Gasteiger partial charge on any atom is -0.362 e. The number of rotatable bonds is 3. The second-order valence-corrected chi connectivity index (χ2v) is 4.03. The summed E-state index contributed by atoms with van der Waals surface area (Å²) in [6, 6.07) is 5.46. The van der Waals surface area contributed by atoms with E-state index in [1.807, 2.05) is 17.0 Å². The summed E-state index contributed by atoms with van der Waals surface area (Å²) in [4.78, 5) is 5.99. The Labute approximate surface area is 97.2 Å². The molecule has 0 bridgehead atoms. The van der Waals surface area contributed by atoms with Gasteiger partial charge in [-0.05, 0) is 19.1 Å². The molecule has 1 aliphatic rings. The molecule has 1 unspecified atom stereocenters. The molecule has 3 nitrogen and oxygen atoms in total. The fourth-order valence-electron chi connectivity index (χ4n) is 1.62. The van der Waals surface area contributed by atoms with E-state index in [9.17, 15) is 13.2 Å². The first-order valence-corrected chi connectivity index (χ1v) is 5.35. The Bertz CT molecular complexity index is 363. The van der Waals surface area contributed by atoms with Crippen molar-refractivity contribution in [3.8, 4) is 0 Å². The highest BCUT2D eigenvalue weighted by molar-refractivity contribution is 5.41. The van der Waals surface area contributed by atoms with E-state index in [2.05, 4.69) is 4.98 Å². The first kappa shape index (κ1) is 12.2. The zero-order chi connectivity index (χ0) is 12.5. The van der Waals surface area contributed by atoms with Gasteiger partial charge in [-0.25, -0.2) is 4.98 Å². The molecule has 0 amide bonds. The third-order valence-electron chi connectivity index (χ3n) is 2.68.